The molecule has 17 heavy (non-hydrogen) atoms. The Balaban J connectivity index is 1.98. The van der Waals surface area contributed by atoms with Crippen LogP contribution in [0, 0.1) is 0 Å². The molecule has 0 aliphatic heterocycles. The zero-order chi connectivity index (χ0) is 12.1. The van der Waals surface area contributed by atoms with Crippen LogP contribution in [-0.2, 0) is 6.61 Å². The van der Waals surface area contributed by atoms with E-state index in [9.17, 15) is 4.79 Å². The smallest absolute Gasteiger partial charge is 0.337 e. The molecular weight excluding hydrogens is 218 g/mol. The number of hydrogen-bond donors (Lipinski definition) is 1. The van der Waals surface area contributed by atoms with Crippen molar-refractivity contribution in [1.29, 1.82) is 0 Å². The molecule has 0 atom stereocenters. The zero-order valence-electron chi connectivity index (χ0n) is 9.04. The first-order valence-corrected chi connectivity index (χ1v) is 5.12. The van der Waals surface area contributed by atoms with E-state index in [1.807, 2.05) is 30.3 Å². The number of hydrogen-bond acceptors (Lipinski definition) is 3. The molecule has 86 valence electrons. The largest absolute Gasteiger partial charge is 0.487 e. The van der Waals surface area contributed by atoms with Gasteiger partial charge in [-0.3, -0.25) is 4.98 Å². The third-order valence-corrected chi connectivity index (χ3v) is 2.20. The van der Waals surface area contributed by atoms with Gasteiger partial charge in [-0.15, -0.1) is 0 Å². The molecule has 0 saturated heterocycles. The number of rotatable bonds is 4. The average Bonchev–Trinajstić information content (AvgIpc) is 2.38. The lowest BCUT2D eigenvalue weighted by Gasteiger charge is -2.05. The van der Waals surface area contributed by atoms with Gasteiger partial charge in [0.05, 0.1) is 11.3 Å². The van der Waals surface area contributed by atoms with E-state index in [0.29, 0.717) is 12.3 Å². The quantitative estimate of drug-likeness (QED) is 0.874. The number of carboxylic acid groups (broad SMARTS) is 1. The number of aromatic carboxylic acids is 1. The summed E-state index contributed by atoms with van der Waals surface area (Å²) >= 11 is 0. The van der Waals surface area contributed by atoms with Crippen LogP contribution in [0.5, 0.6) is 5.75 Å². The molecule has 0 amide bonds. The van der Waals surface area contributed by atoms with Gasteiger partial charge in [0.15, 0.2) is 0 Å². The summed E-state index contributed by atoms with van der Waals surface area (Å²) in [6.45, 7) is 0.323. The minimum atomic E-state index is -0.979. The van der Waals surface area contributed by atoms with E-state index in [0.717, 1.165) is 5.75 Å². The summed E-state index contributed by atoms with van der Waals surface area (Å²) in [6.07, 6.45) is 1.33. The van der Waals surface area contributed by atoms with Crippen LogP contribution in [0.2, 0.25) is 0 Å². The molecule has 0 spiro atoms. The van der Waals surface area contributed by atoms with Crippen molar-refractivity contribution in [2.24, 2.45) is 0 Å². The van der Waals surface area contributed by atoms with Crippen LogP contribution in [0.3, 0.4) is 0 Å². The lowest BCUT2D eigenvalue weighted by molar-refractivity contribution is 0.0696. The average molecular weight is 229 g/mol. The van der Waals surface area contributed by atoms with Crippen molar-refractivity contribution in [3.8, 4) is 5.75 Å². The molecule has 4 nitrogen and oxygen atoms in total. The molecule has 4 heteroatoms. The molecule has 0 saturated carbocycles. The number of carbonyl (C=O) groups is 1. The second kappa shape index (κ2) is 5.12. The standard InChI is InChI=1S/C13H11NO3/c15-13(16)10-6-7-11(14-8-10)9-17-12-4-2-1-3-5-12/h1-8H,9H2,(H,15,16). The van der Waals surface area contributed by atoms with Gasteiger partial charge in [0.2, 0.25) is 0 Å². The predicted molar refractivity (Wildman–Crippen MR) is 62.0 cm³/mol. The van der Waals surface area contributed by atoms with Gasteiger partial charge < -0.3 is 9.84 Å². The van der Waals surface area contributed by atoms with E-state index in [1.54, 1.807) is 6.07 Å². The summed E-state index contributed by atoms with van der Waals surface area (Å²) in [6, 6.07) is 12.5. The summed E-state index contributed by atoms with van der Waals surface area (Å²) in [5.74, 6) is -0.218. The van der Waals surface area contributed by atoms with Gasteiger partial charge in [0.1, 0.15) is 12.4 Å². The predicted octanol–water partition coefficient (Wildman–Crippen LogP) is 2.36. The number of ether oxygens (including phenoxy) is 1. The molecule has 0 bridgehead atoms. The monoisotopic (exact) mass is 229 g/mol. The first-order valence-electron chi connectivity index (χ1n) is 5.12. The van der Waals surface area contributed by atoms with Gasteiger partial charge in [-0.1, -0.05) is 18.2 Å². The molecule has 1 aromatic heterocycles. The van der Waals surface area contributed by atoms with E-state index >= 15 is 0 Å². The Morgan fingerprint density at radius 2 is 1.94 bits per heavy atom. The van der Waals surface area contributed by atoms with Crippen molar-refractivity contribution >= 4 is 5.97 Å². The molecule has 2 aromatic rings. The Hall–Kier alpha value is -2.36. The molecule has 2 rings (SSSR count). The fourth-order valence-electron chi connectivity index (χ4n) is 1.31. The molecule has 0 radical (unpaired) electrons. The molecule has 1 N–H and O–H groups in total. The maximum absolute atomic E-state index is 10.6. The van der Waals surface area contributed by atoms with Crippen molar-refractivity contribution in [2.45, 2.75) is 6.61 Å². The summed E-state index contributed by atoms with van der Waals surface area (Å²) in [5.41, 5.74) is 0.868. The highest BCUT2D eigenvalue weighted by molar-refractivity contribution is 5.87. The summed E-state index contributed by atoms with van der Waals surface area (Å²) in [5, 5.41) is 8.71. The highest BCUT2D eigenvalue weighted by Gasteiger charge is 2.03. The molecule has 1 heterocycles. The Labute approximate surface area is 98.5 Å². The van der Waals surface area contributed by atoms with Gasteiger partial charge in [0, 0.05) is 6.20 Å². The molecule has 1 aromatic carbocycles. The highest BCUT2D eigenvalue weighted by atomic mass is 16.5. The maximum atomic E-state index is 10.6. The highest BCUT2D eigenvalue weighted by Crippen LogP contribution is 2.10. The summed E-state index contributed by atoms with van der Waals surface area (Å²) in [4.78, 5) is 14.6. The van der Waals surface area contributed by atoms with Gasteiger partial charge in [0.25, 0.3) is 0 Å². The summed E-state index contributed by atoms with van der Waals surface area (Å²) < 4.78 is 5.48. The number of aromatic nitrogens is 1. The third-order valence-electron chi connectivity index (χ3n) is 2.20. The van der Waals surface area contributed by atoms with Crippen LogP contribution in [0.25, 0.3) is 0 Å². The van der Waals surface area contributed by atoms with E-state index in [2.05, 4.69) is 4.98 Å². The number of benzene rings is 1. The first kappa shape index (κ1) is 11.1. The normalized spacial score (nSPS) is 9.88. The second-order valence-electron chi connectivity index (χ2n) is 3.45. The first-order chi connectivity index (χ1) is 8.25. The fourth-order valence-corrected chi connectivity index (χ4v) is 1.31. The number of pyridine rings is 1. The SMILES string of the molecule is O=C(O)c1ccc(COc2ccccc2)nc1. The minimum absolute atomic E-state index is 0.175. The minimum Gasteiger partial charge on any atom is -0.487 e. The molecule has 0 fully saturated rings. The van der Waals surface area contributed by atoms with Crippen LogP contribution >= 0.6 is 0 Å². The van der Waals surface area contributed by atoms with Crippen LogP contribution in [-0.4, -0.2) is 16.1 Å². The van der Waals surface area contributed by atoms with Crippen molar-refractivity contribution in [3.63, 3.8) is 0 Å². The second-order valence-corrected chi connectivity index (χ2v) is 3.45. The molecular formula is C13H11NO3. The van der Waals surface area contributed by atoms with E-state index in [4.69, 9.17) is 9.84 Å². The number of nitrogens with zero attached hydrogens (tertiary/aromatic N) is 1. The van der Waals surface area contributed by atoms with Crippen molar-refractivity contribution in [3.05, 3.63) is 59.9 Å². The van der Waals surface area contributed by atoms with Crippen LogP contribution in [0.15, 0.2) is 48.7 Å². The fraction of sp³-hybridized carbons (Fsp3) is 0.0769. The van der Waals surface area contributed by atoms with Crippen molar-refractivity contribution in [2.75, 3.05) is 0 Å². The van der Waals surface area contributed by atoms with E-state index in [1.165, 1.54) is 12.3 Å². The summed E-state index contributed by atoms with van der Waals surface area (Å²) in [7, 11) is 0. The molecule has 0 aliphatic carbocycles. The van der Waals surface area contributed by atoms with Crippen molar-refractivity contribution < 1.29 is 14.6 Å². The van der Waals surface area contributed by atoms with Gasteiger partial charge in [-0.05, 0) is 24.3 Å². The lowest BCUT2D eigenvalue weighted by atomic mass is 10.2. The Kier molecular flexibility index (Phi) is 3.35. The Morgan fingerprint density at radius 3 is 2.53 bits per heavy atom. The van der Waals surface area contributed by atoms with Gasteiger partial charge in [-0.2, -0.15) is 0 Å². The Morgan fingerprint density at radius 1 is 1.18 bits per heavy atom. The van der Waals surface area contributed by atoms with Crippen LogP contribution in [0.1, 0.15) is 16.1 Å². The third kappa shape index (κ3) is 3.04. The van der Waals surface area contributed by atoms with E-state index in [-0.39, 0.29) is 5.56 Å². The van der Waals surface area contributed by atoms with Crippen molar-refractivity contribution in [1.82, 2.24) is 4.98 Å². The topological polar surface area (TPSA) is 59.4 Å². The van der Waals surface area contributed by atoms with Crippen LogP contribution < -0.4 is 4.74 Å². The van der Waals surface area contributed by atoms with Gasteiger partial charge >= 0.3 is 5.97 Å². The maximum Gasteiger partial charge on any atom is 0.337 e. The molecule has 0 unspecified atom stereocenters. The lowest BCUT2D eigenvalue weighted by Crippen LogP contribution is -2.01. The Bertz CT molecular complexity index is 494. The number of carboxylic acids is 1. The zero-order valence-corrected chi connectivity index (χ0v) is 9.04. The van der Waals surface area contributed by atoms with Gasteiger partial charge in [-0.25, -0.2) is 4.79 Å². The number of para-hydroxylation sites is 1. The molecule has 0 aliphatic rings. The van der Waals surface area contributed by atoms with Crippen LogP contribution in [0.4, 0.5) is 0 Å². The van der Waals surface area contributed by atoms with E-state index < -0.39 is 5.97 Å².